The number of amides is 1. The van der Waals surface area contributed by atoms with Crippen LogP contribution in [0.1, 0.15) is 12.5 Å². The number of anilines is 2. The summed E-state index contributed by atoms with van der Waals surface area (Å²) in [4.78, 5) is 35.4. The number of hydrogen-bond acceptors (Lipinski definition) is 13. The Labute approximate surface area is 230 Å². The van der Waals surface area contributed by atoms with E-state index in [0.717, 1.165) is 5.56 Å². The van der Waals surface area contributed by atoms with Crippen LogP contribution >= 0.6 is 0 Å². The van der Waals surface area contributed by atoms with Crippen molar-refractivity contribution >= 4 is 17.3 Å². The maximum atomic E-state index is 12.2. The van der Waals surface area contributed by atoms with Gasteiger partial charge >= 0.3 is 0 Å². The molecule has 1 aliphatic heterocycles. The Hall–Kier alpha value is -2.95. The minimum absolute atomic E-state index is 0.0329. The SMILES string of the molecule is CCOc1c(Nc2ccc(CC(=O)NCCOCCOCCOC3OC(CO)C(O)C(O)C3O)cc2)c(=O)c1=O. The van der Waals surface area contributed by atoms with Crippen molar-refractivity contribution in [2.75, 3.05) is 58.1 Å². The van der Waals surface area contributed by atoms with Gasteiger partial charge in [-0.2, -0.15) is 0 Å². The van der Waals surface area contributed by atoms with E-state index < -0.39 is 48.2 Å². The number of nitrogens with one attached hydrogen (secondary N) is 2. The van der Waals surface area contributed by atoms with Crippen LogP contribution < -0.4 is 26.2 Å². The summed E-state index contributed by atoms with van der Waals surface area (Å²) in [5.41, 5.74) is 0.214. The van der Waals surface area contributed by atoms with Gasteiger partial charge < -0.3 is 54.7 Å². The molecule has 0 spiro atoms. The third-order valence-corrected chi connectivity index (χ3v) is 6.04. The van der Waals surface area contributed by atoms with Crippen molar-refractivity contribution in [1.82, 2.24) is 5.32 Å². The molecule has 0 saturated carbocycles. The fourth-order valence-electron chi connectivity index (χ4n) is 3.88. The summed E-state index contributed by atoms with van der Waals surface area (Å²) in [6.45, 7) is 2.79. The Balaban J connectivity index is 1.22. The van der Waals surface area contributed by atoms with Gasteiger partial charge in [0.05, 0.1) is 52.7 Å². The second kappa shape index (κ2) is 15.7. The highest BCUT2D eigenvalue weighted by Crippen LogP contribution is 2.23. The van der Waals surface area contributed by atoms with Gasteiger partial charge in [0.25, 0.3) is 10.9 Å². The molecule has 3 rings (SSSR count). The van der Waals surface area contributed by atoms with Gasteiger partial charge in [0, 0.05) is 12.2 Å². The first kappa shape index (κ1) is 31.6. The lowest BCUT2D eigenvalue weighted by atomic mass is 9.99. The van der Waals surface area contributed by atoms with E-state index in [0.29, 0.717) is 12.2 Å². The smallest absolute Gasteiger partial charge is 0.272 e. The quantitative estimate of drug-likeness (QED) is 0.0899. The molecule has 1 amide bonds. The van der Waals surface area contributed by atoms with Crippen LogP contribution in [0.15, 0.2) is 33.9 Å². The Morgan fingerprint density at radius 3 is 2.27 bits per heavy atom. The Morgan fingerprint density at radius 1 is 0.925 bits per heavy atom. The van der Waals surface area contributed by atoms with Gasteiger partial charge in [-0.05, 0) is 24.6 Å². The highest BCUT2D eigenvalue weighted by Gasteiger charge is 2.43. The molecule has 0 aromatic heterocycles. The molecule has 222 valence electrons. The molecule has 0 bridgehead atoms. The van der Waals surface area contributed by atoms with Crippen LogP contribution in [0.3, 0.4) is 0 Å². The number of rotatable bonds is 17. The zero-order chi connectivity index (χ0) is 29.1. The van der Waals surface area contributed by atoms with Gasteiger partial charge in [0.15, 0.2) is 12.0 Å². The molecule has 2 aromatic carbocycles. The lowest BCUT2D eigenvalue weighted by Crippen LogP contribution is -2.59. The third kappa shape index (κ3) is 8.52. The second-order valence-corrected chi connectivity index (χ2v) is 8.94. The molecule has 0 aliphatic carbocycles. The highest BCUT2D eigenvalue weighted by atomic mass is 16.7. The molecule has 14 heteroatoms. The van der Waals surface area contributed by atoms with Crippen molar-refractivity contribution in [3.05, 3.63) is 50.3 Å². The molecule has 1 saturated heterocycles. The fourth-order valence-corrected chi connectivity index (χ4v) is 3.88. The average molecular weight is 569 g/mol. The van der Waals surface area contributed by atoms with Crippen LogP contribution in [-0.4, -0.2) is 110 Å². The minimum atomic E-state index is -1.50. The number of benzene rings is 1. The zero-order valence-electron chi connectivity index (χ0n) is 22.1. The summed E-state index contributed by atoms with van der Waals surface area (Å²) in [5.74, 6) is -0.155. The summed E-state index contributed by atoms with van der Waals surface area (Å²) in [7, 11) is 0. The van der Waals surface area contributed by atoms with E-state index in [1.807, 2.05) is 0 Å². The standard InChI is InChI=1S/C26H36N2O12/c1-2-38-25-19(21(32)23(25)34)28-16-5-3-15(4-6-16)13-18(30)27-7-8-36-9-10-37-11-12-39-26-24(35)22(33)20(31)17(14-29)40-26/h3-6,17,20,22,24,26,28-29,31,33,35H,2,7-14H2,1H3,(H,27,30). The lowest BCUT2D eigenvalue weighted by molar-refractivity contribution is -0.302. The van der Waals surface area contributed by atoms with Gasteiger partial charge in [-0.15, -0.1) is 0 Å². The van der Waals surface area contributed by atoms with Crippen LogP contribution in [0.5, 0.6) is 5.75 Å². The minimum Gasteiger partial charge on any atom is -0.488 e. The monoisotopic (exact) mass is 568 g/mol. The van der Waals surface area contributed by atoms with Crippen molar-refractivity contribution in [2.24, 2.45) is 0 Å². The van der Waals surface area contributed by atoms with E-state index in [9.17, 15) is 29.7 Å². The van der Waals surface area contributed by atoms with Gasteiger partial charge in [-0.1, -0.05) is 12.1 Å². The number of carbonyl (C=O) groups excluding carboxylic acids is 1. The predicted molar refractivity (Wildman–Crippen MR) is 140 cm³/mol. The molecular formula is C26H36N2O12. The molecule has 1 aliphatic rings. The largest absolute Gasteiger partial charge is 0.488 e. The average Bonchev–Trinajstić information content (AvgIpc) is 2.96. The molecule has 0 radical (unpaired) electrons. The number of ether oxygens (including phenoxy) is 5. The maximum Gasteiger partial charge on any atom is 0.272 e. The normalized spacial score (nSPS) is 22.8. The zero-order valence-corrected chi connectivity index (χ0v) is 22.1. The van der Waals surface area contributed by atoms with E-state index in [4.69, 9.17) is 28.8 Å². The number of hydrogen-bond donors (Lipinski definition) is 6. The second-order valence-electron chi connectivity index (χ2n) is 8.94. The van der Waals surface area contributed by atoms with Gasteiger partial charge in [0.2, 0.25) is 5.91 Å². The number of aliphatic hydroxyl groups excluding tert-OH is 4. The van der Waals surface area contributed by atoms with Crippen LogP contribution in [0, 0.1) is 0 Å². The van der Waals surface area contributed by atoms with E-state index in [2.05, 4.69) is 10.6 Å². The van der Waals surface area contributed by atoms with Crippen LogP contribution in [0.4, 0.5) is 11.4 Å². The van der Waals surface area contributed by atoms with Crippen molar-refractivity contribution in [3.8, 4) is 5.75 Å². The molecule has 6 N–H and O–H groups in total. The Bertz CT molecular complexity index is 1130. The number of carbonyl (C=O) groups is 1. The summed E-state index contributed by atoms with van der Waals surface area (Å²) in [6.07, 6.45) is -6.49. The molecule has 14 nitrogen and oxygen atoms in total. The third-order valence-electron chi connectivity index (χ3n) is 6.04. The molecule has 40 heavy (non-hydrogen) atoms. The van der Waals surface area contributed by atoms with Gasteiger partial charge in [0.1, 0.15) is 30.1 Å². The van der Waals surface area contributed by atoms with E-state index >= 15 is 0 Å². The Kier molecular flexibility index (Phi) is 12.4. The van der Waals surface area contributed by atoms with Crippen molar-refractivity contribution in [1.29, 1.82) is 0 Å². The van der Waals surface area contributed by atoms with Crippen molar-refractivity contribution in [3.63, 3.8) is 0 Å². The predicted octanol–water partition coefficient (Wildman–Crippen LogP) is -2.07. The summed E-state index contributed by atoms with van der Waals surface area (Å²) in [6, 6.07) is 6.88. The maximum absolute atomic E-state index is 12.2. The lowest BCUT2D eigenvalue weighted by Gasteiger charge is -2.39. The molecule has 1 fully saturated rings. The summed E-state index contributed by atoms with van der Waals surface area (Å²) in [5, 5.41) is 44.2. The van der Waals surface area contributed by atoms with Crippen LogP contribution in [0.2, 0.25) is 0 Å². The van der Waals surface area contributed by atoms with Crippen LogP contribution in [0.25, 0.3) is 0 Å². The molecular weight excluding hydrogens is 532 g/mol. The van der Waals surface area contributed by atoms with Crippen molar-refractivity contribution in [2.45, 2.75) is 44.1 Å². The van der Waals surface area contributed by atoms with E-state index in [-0.39, 0.29) is 63.4 Å². The number of aliphatic hydroxyl groups is 4. The molecule has 5 unspecified atom stereocenters. The first-order chi connectivity index (χ1) is 19.3. The first-order valence-electron chi connectivity index (χ1n) is 12.9. The van der Waals surface area contributed by atoms with Gasteiger partial charge in [-0.3, -0.25) is 14.4 Å². The van der Waals surface area contributed by atoms with E-state index in [1.54, 1.807) is 31.2 Å². The first-order valence-corrected chi connectivity index (χ1v) is 12.9. The van der Waals surface area contributed by atoms with Gasteiger partial charge in [-0.25, -0.2) is 0 Å². The highest BCUT2D eigenvalue weighted by molar-refractivity contribution is 5.79. The molecule has 5 atom stereocenters. The summed E-state index contributed by atoms with van der Waals surface area (Å²) >= 11 is 0. The Morgan fingerprint density at radius 2 is 1.60 bits per heavy atom. The fraction of sp³-hybridized carbons (Fsp3) is 0.577. The molecule has 2 aromatic rings. The van der Waals surface area contributed by atoms with Crippen LogP contribution in [-0.2, 0) is 30.2 Å². The van der Waals surface area contributed by atoms with Crippen molar-refractivity contribution < 1.29 is 48.9 Å². The molecule has 1 heterocycles. The summed E-state index contributed by atoms with van der Waals surface area (Å²) < 4.78 is 26.5. The topological polar surface area (TPSA) is 202 Å². The van der Waals surface area contributed by atoms with E-state index in [1.165, 1.54) is 0 Å².